The summed E-state index contributed by atoms with van der Waals surface area (Å²) < 4.78 is 5.07. The molecule has 1 aliphatic rings. The number of hydrogen-bond donors (Lipinski definition) is 2. The number of hydrogen-bond acceptors (Lipinski definition) is 2. The lowest BCUT2D eigenvalue weighted by molar-refractivity contribution is 0.415. The lowest BCUT2D eigenvalue weighted by Gasteiger charge is -2.06. The van der Waals surface area contributed by atoms with Gasteiger partial charge in [0.05, 0.1) is 13.2 Å². The summed E-state index contributed by atoms with van der Waals surface area (Å²) >= 11 is 0. The van der Waals surface area contributed by atoms with E-state index in [9.17, 15) is 0 Å². The van der Waals surface area contributed by atoms with Gasteiger partial charge in [0, 0.05) is 5.69 Å². The number of guanidine groups is 1. The van der Waals surface area contributed by atoms with Crippen molar-refractivity contribution in [2.75, 3.05) is 12.4 Å². The van der Waals surface area contributed by atoms with E-state index in [1.165, 1.54) is 0 Å². The highest BCUT2D eigenvalue weighted by molar-refractivity contribution is 14.0. The van der Waals surface area contributed by atoms with Gasteiger partial charge in [-0.3, -0.25) is 0 Å². The maximum Gasteiger partial charge on any atom is 0.193 e. The molecule has 2 atom stereocenters. The zero-order chi connectivity index (χ0) is 11.5. The minimum Gasteiger partial charge on any atom is -0.497 e. The molecule has 2 unspecified atom stereocenters. The summed E-state index contributed by atoms with van der Waals surface area (Å²) in [5.74, 6) is 1.99. The largest absolute Gasteiger partial charge is 0.497 e. The quantitative estimate of drug-likeness (QED) is 0.502. The number of nitrogens with one attached hydrogen (secondary N) is 1. The molecule has 0 aromatic heterocycles. The first-order valence-electron chi connectivity index (χ1n) is 5.43. The minimum atomic E-state index is 0. The van der Waals surface area contributed by atoms with Gasteiger partial charge in [0.25, 0.3) is 0 Å². The van der Waals surface area contributed by atoms with Crippen LogP contribution in [0.25, 0.3) is 0 Å². The molecule has 94 valence electrons. The van der Waals surface area contributed by atoms with Crippen LogP contribution in [0, 0.1) is 5.92 Å². The Balaban J connectivity index is 0.00000144. The van der Waals surface area contributed by atoms with Crippen LogP contribution in [-0.4, -0.2) is 19.1 Å². The van der Waals surface area contributed by atoms with Crippen molar-refractivity contribution in [3.63, 3.8) is 0 Å². The Kier molecular flexibility index (Phi) is 5.04. The molecule has 0 aliphatic heterocycles. The average molecular weight is 347 g/mol. The summed E-state index contributed by atoms with van der Waals surface area (Å²) in [6, 6.07) is 8.01. The molecule has 1 aromatic rings. The van der Waals surface area contributed by atoms with Gasteiger partial charge in [-0.25, -0.2) is 4.99 Å². The number of halogens is 1. The summed E-state index contributed by atoms with van der Waals surface area (Å²) in [4.78, 5) is 4.36. The molecule has 2 rings (SSSR count). The average Bonchev–Trinajstić information content (AvgIpc) is 2.95. The molecule has 4 nitrogen and oxygen atoms in total. The first kappa shape index (κ1) is 14.1. The zero-order valence-corrected chi connectivity index (χ0v) is 12.3. The molecule has 0 amide bonds. The number of nitrogens with zero attached hydrogens (tertiary/aromatic N) is 1. The van der Waals surface area contributed by atoms with Crippen LogP contribution in [0.1, 0.15) is 13.3 Å². The van der Waals surface area contributed by atoms with Crippen molar-refractivity contribution in [3.8, 4) is 5.75 Å². The van der Waals surface area contributed by atoms with E-state index in [-0.39, 0.29) is 24.0 Å². The molecule has 0 radical (unpaired) electrons. The summed E-state index contributed by atoms with van der Waals surface area (Å²) in [5.41, 5.74) is 6.71. The van der Waals surface area contributed by atoms with Gasteiger partial charge >= 0.3 is 0 Å². The second kappa shape index (κ2) is 6.09. The zero-order valence-electron chi connectivity index (χ0n) is 10.0. The number of nitrogens with two attached hydrogens (primary N) is 1. The molecule has 0 bridgehead atoms. The van der Waals surface area contributed by atoms with Gasteiger partial charge in [-0.05, 0) is 36.6 Å². The van der Waals surface area contributed by atoms with Crippen LogP contribution in [-0.2, 0) is 0 Å². The molecule has 1 aromatic carbocycles. The lowest BCUT2D eigenvalue weighted by Crippen LogP contribution is -2.23. The van der Waals surface area contributed by atoms with Crippen molar-refractivity contribution in [1.29, 1.82) is 0 Å². The van der Waals surface area contributed by atoms with E-state index >= 15 is 0 Å². The summed E-state index contributed by atoms with van der Waals surface area (Å²) in [5, 5.41) is 3.06. The van der Waals surface area contributed by atoms with Crippen LogP contribution >= 0.6 is 24.0 Å². The van der Waals surface area contributed by atoms with Gasteiger partial charge in [-0.2, -0.15) is 0 Å². The van der Waals surface area contributed by atoms with Gasteiger partial charge in [-0.15, -0.1) is 24.0 Å². The number of benzene rings is 1. The van der Waals surface area contributed by atoms with Crippen molar-refractivity contribution in [2.45, 2.75) is 19.4 Å². The number of anilines is 1. The normalized spacial score (nSPS) is 22.6. The fraction of sp³-hybridized carbons (Fsp3) is 0.417. The Morgan fingerprint density at radius 3 is 2.47 bits per heavy atom. The fourth-order valence-electron chi connectivity index (χ4n) is 1.52. The van der Waals surface area contributed by atoms with Gasteiger partial charge in [0.1, 0.15) is 5.75 Å². The van der Waals surface area contributed by atoms with Gasteiger partial charge in [0.2, 0.25) is 0 Å². The maximum atomic E-state index is 5.79. The summed E-state index contributed by atoms with van der Waals surface area (Å²) in [6.45, 7) is 2.18. The molecule has 17 heavy (non-hydrogen) atoms. The third kappa shape index (κ3) is 4.07. The highest BCUT2D eigenvalue weighted by Gasteiger charge is 2.32. The highest BCUT2D eigenvalue weighted by Crippen LogP contribution is 2.32. The molecule has 1 fully saturated rings. The molecule has 0 spiro atoms. The van der Waals surface area contributed by atoms with Crippen molar-refractivity contribution in [1.82, 2.24) is 0 Å². The Morgan fingerprint density at radius 1 is 1.41 bits per heavy atom. The van der Waals surface area contributed by atoms with Crippen LogP contribution in [0.4, 0.5) is 5.69 Å². The van der Waals surface area contributed by atoms with E-state index in [0.29, 0.717) is 17.9 Å². The van der Waals surface area contributed by atoms with Crippen molar-refractivity contribution in [3.05, 3.63) is 24.3 Å². The second-order valence-electron chi connectivity index (χ2n) is 4.15. The maximum absolute atomic E-state index is 5.79. The SMILES string of the molecule is COc1ccc(NC(N)=NC2CC2C)cc1.I. The second-order valence-corrected chi connectivity index (χ2v) is 4.15. The predicted molar refractivity (Wildman–Crippen MR) is 81.2 cm³/mol. The highest BCUT2D eigenvalue weighted by atomic mass is 127. The molecule has 3 N–H and O–H groups in total. The minimum absolute atomic E-state index is 0. The van der Waals surface area contributed by atoms with E-state index in [1.54, 1.807) is 7.11 Å². The van der Waals surface area contributed by atoms with Crippen molar-refractivity contribution < 1.29 is 4.74 Å². The van der Waals surface area contributed by atoms with Gasteiger partial charge in [0.15, 0.2) is 5.96 Å². The third-order valence-electron chi connectivity index (χ3n) is 2.73. The van der Waals surface area contributed by atoms with Crippen LogP contribution in [0.3, 0.4) is 0 Å². The standard InChI is InChI=1S/C12H17N3O.HI/c1-8-7-11(8)15-12(13)14-9-3-5-10(16-2)6-4-9;/h3-6,8,11H,7H2,1-2H3,(H3,13,14,15);1H. The molecular weight excluding hydrogens is 329 g/mol. The number of aliphatic imine (C=N–C) groups is 1. The smallest absolute Gasteiger partial charge is 0.193 e. The third-order valence-corrected chi connectivity index (χ3v) is 2.73. The Morgan fingerprint density at radius 2 is 2.00 bits per heavy atom. The lowest BCUT2D eigenvalue weighted by atomic mass is 10.3. The molecule has 5 heteroatoms. The summed E-state index contributed by atoms with van der Waals surface area (Å²) in [7, 11) is 1.65. The Bertz CT molecular complexity index is 391. The van der Waals surface area contributed by atoms with Gasteiger partial charge < -0.3 is 15.8 Å². The van der Waals surface area contributed by atoms with E-state index in [1.807, 2.05) is 24.3 Å². The van der Waals surface area contributed by atoms with E-state index < -0.39 is 0 Å². The van der Waals surface area contributed by atoms with Crippen LogP contribution in [0.2, 0.25) is 0 Å². The van der Waals surface area contributed by atoms with E-state index in [0.717, 1.165) is 17.9 Å². The fourth-order valence-corrected chi connectivity index (χ4v) is 1.52. The first-order chi connectivity index (χ1) is 7.69. The number of methoxy groups -OCH3 is 1. The van der Waals surface area contributed by atoms with Crippen molar-refractivity contribution in [2.24, 2.45) is 16.6 Å². The van der Waals surface area contributed by atoms with Crippen molar-refractivity contribution >= 4 is 35.6 Å². The number of rotatable bonds is 3. The Labute approximate surface area is 119 Å². The van der Waals surface area contributed by atoms with Crippen LogP contribution in [0.15, 0.2) is 29.3 Å². The predicted octanol–water partition coefficient (Wildman–Crippen LogP) is 2.45. The van der Waals surface area contributed by atoms with Gasteiger partial charge in [-0.1, -0.05) is 6.92 Å². The Hall–Kier alpha value is -0.980. The topological polar surface area (TPSA) is 59.6 Å². The van der Waals surface area contributed by atoms with E-state index in [2.05, 4.69) is 17.2 Å². The van der Waals surface area contributed by atoms with Crippen LogP contribution in [0.5, 0.6) is 5.75 Å². The van der Waals surface area contributed by atoms with E-state index in [4.69, 9.17) is 10.5 Å². The number of ether oxygens (including phenoxy) is 1. The van der Waals surface area contributed by atoms with Crippen LogP contribution < -0.4 is 15.8 Å². The molecule has 1 aliphatic carbocycles. The first-order valence-corrected chi connectivity index (χ1v) is 5.43. The molecule has 0 saturated heterocycles. The summed E-state index contributed by atoms with van der Waals surface area (Å²) in [6.07, 6.45) is 1.14. The molecule has 1 saturated carbocycles. The molecular formula is C12H18IN3O. The molecule has 0 heterocycles. The monoisotopic (exact) mass is 347 g/mol.